The molecule has 1 N–H and O–H groups in total. The van der Waals surface area contributed by atoms with Crippen molar-refractivity contribution in [3.63, 3.8) is 0 Å². The highest BCUT2D eigenvalue weighted by molar-refractivity contribution is 6.30. The lowest BCUT2D eigenvalue weighted by Crippen LogP contribution is -2.21. The van der Waals surface area contributed by atoms with E-state index in [1.165, 1.54) is 0 Å². The van der Waals surface area contributed by atoms with Gasteiger partial charge in [-0.2, -0.15) is 0 Å². The molecular weight excluding hydrogens is 318 g/mol. The van der Waals surface area contributed by atoms with E-state index in [2.05, 4.69) is 5.32 Å². The van der Waals surface area contributed by atoms with Crippen LogP contribution in [-0.4, -0.2) is 25.6 Å². The Morgan fingerprint density at radius 1 is 1.13 bits per heavy atom. The Labute approximate surface area is 139 Å². The van der Waals surface area contributed by atoms with Gasteiger partial charge in [-0.05, 0) is 35.9 Å². The van der Waals surface area contributed by atoms with Gasteiger partial charge in [0.05, 0.1) is 13.5 Å². The molecule has 0 bridgehead atoms. The standard InChI is InChI=1S/C17H16ClNO4/c1-22-15-7-2-4-12(8-15)9-17(21)23-11-16(20)19-14-6-3-5-13(18)10-14/h2-8,10H,9,11H2,1H3,(H,19,20). The summed E-state index contributed by atoms with van der Waals surface area (Å²) in [7, 11) is 1.55. The fourth-order valence-electron chi connectivity index (χ4n) is 1.91. The number of rotatable bonds is 6. The van der Waals surface area contributed by atoms with Crippen LogP contribution in [0.4, 0.5) is 5.69 Å². The lowest BCUT2D eigenvalue weighted by atomic mass is 10.1. The van der Waals surface area contributed by atoms with Crippen LogP contribution in [0, 0.1) is 0 Å². The first-order valence-electron chi connectivity index (χ1n) is 6.91. The molecule has 5 nitrogen and oxygen atoms in total. The van der Waals surface area contributed by atoms with Crippen LogP contribution in [0.15, 0.2) is 48.5 Å². The summed E-state index contributed by atoms with van der Waals surface area (Å²) >= 11 is 5.82. The molecule has 0 aliphatic rings. The Morgan fingerprint density at radius 2 is 1.91 bits per heavy atom. The normalized spacial score (nSPS) is 10.0. The van der Waals surface area contributed by atoms with Crippen LogP contribution in [0.25, 0.3) is 0 Å². The van der Waals surface area contributed by atoms with E-state index in [-0.39, 0.29) is 13.0 Å². The number of hydrogen-bond donors (Lipinski definition) is 1. The zero-order valence-electron chi connectivity index (χ0n) is 12.5. The molecule has 0 atom stereocenters. The number of benzene rings is 2. The SMILES string of the molecule is COc1cccc(CC(=O)OCC(=O)Nc2cccc(Cl)c2)c1. The second-order valence-electron chi connectivity index (χ2n) is 4.75. The summed E-state index contributed by atoms with van der Waals surface area (Å²) in [6, 6.07) is 13.8. The summed E-state index contributed by atoms with van der Waals surface area (Å²) in [5.41, 5.74) is 1.30. The van der Waals surface area contributed by atoms with Gasteiger partial charge in [-0.25, -0.2) is 0 Å². The number of hydrogen-bond acceptors (Lipinski definition) is 4. The Hall–Kier alpha value is -2.53. The number of ether oxygens (including phenoxy) is 2. The molecule has 0 saturated heterocycles. The number of carbonyl (C=O) groups is 2. The lowest BCUT2D eigenvalue weighted by molar-refractivity contribution is -0.146. The minimum absolute atomic E-state index is 0.0711. The monoisotopic (exact) mass is 333 g/mol. The fraction of sp³-hybridized carbons (Fsp3) is 0.176. The summed E-state index contributed by atoms with van der Waals surface area (Å²) in [6.45, 7) is -0.352. The molecule has 6 heteroatoms. The summed E-state index contributed by atoms with van der Waals surface area (Å²) in [5, 5.41) is 3.11. The maximum absolute atomic E-state index is 11.8. The minimum atomic E-state index is -0.487. The molecule has 0 heterocycles. The van der Waals surface area contributed by atoms with Crippen LogP contribution in [0.5, 0.6) is 5.75 Å². The second kappa shape index (κ2) is 8.19. The molecule has 0 spiro atoms. The first-order chi connectivity index (χ1) is 11.1. The number of nitrogens with one attached hydrogen (secondary N) is 1. The van der Waals surface area contributed by atoms with E-state index < -0.39 is 11.9 Å². The molecule has 0 aromatic heterocycles. The zero-order chi connectivity index (χ0) is 16.7. The number of halogens is 1. The number of esters is 1. The van der Waals surface area contributed by atoms with Crippen molar-refractivity contribution in [1.29, 1.82) is 0 Å². The third-order valence-corrected chi connectivity index (χ3v) is 3.19. The molecule has 2 aromatic rings. The van der Waals surface area contributed by atoms with Crippen molar-refractivity contribution in [2.45, 2.75) is 6.42 Å². The van der Waals surface area contributed by atoms with Gasteiger partial charge in [-0.3, -0.25) is 9.59 Å². The summed E-state index contributed by atoms with van der Waals surface area (Å²) in [4.78, 5) is 23.5. The first-order valence-corrected chi connectivity index (χ1v) is 7.28. The average molecular weight is 334 g/mol. The van der Waals surface area contributed by atoms with Gasteiger partial charge >= 0.3 is 5.97 Å². The first kappa shape index (κ1) is 16.8. The van der Waals surface area contributed by atoms with Crippen molar-refractivity contribution < 1.29 is 19.1 Å². The molecule has 2 rings (SSSR count). The predicted octanol–water partition coefficient (Wildman–Crippen LogP) is 3.07. The van der Waals surface area contributed by atoms with Gasteiger partial charge in [-0.15, -0.1) is 0 Å². The highest BCUT2D eigenvalue weighted by Crippen LogP contribution is 2.15. The zero-order valence-corrected chi connectivity index (χ0v) is 13.3. The summed E-state index contributed by atoms with van der Waals surface area (Å²) < 4.78 is 10.0. The van der Waals surface area contributed by atoms with Crippen LogP contribution in [-0.2, 0) is 20.7 Å². The van der Waals surface area contributed by atoms with Crippen LogP contribution in [0.1, 0.15) is 5.56 Å². The van der Waals surface area contributed by atoms with Gasteiger partial charge in [0.1, 0.15) is 5.75 Å². The van der Waals surface area contributed by atoms with Gasteiger partial charge in [0, 0.05) is 10.7 Å². The van der Waals surface area contributed by atoms with Crippen LogP contribution in [0.2, 0.25) is 5.02 Å². The third kappa shape index (κ3) is 5.64. The number of amides is 1. The Kier molecular flexibility index (Phi) is 6.00. The van der Waals surface area contributed by atoms with Crippen molar-refractivity contribution in [3.8, 4) is 5.75 Å². The highest BCUT2D eigenvalue weighted by Gasteiger charge is 2.09. The molecule has 120 valence electrons. The molecule has 1 amide bonds. The van der Waals surface area contributed by atoms with Crippen LogP contribution >= 0.6 is 11.6 Å². The Balaban J connectivity index is 1.80. The minimum Gasteiger partial charge on any atom is -0.497 e. The van der Waals surface area contributed by atoms with Gasteiger partial charge in [0.15, 0.2) is 6.61 Å². The fourth-order valence-corrected chi connectivity index (χ4v) is 2.10. The van der Waals surface area contributed by atoms with Crippen molar-refractivity contribution in [3.05, 3.63) is 59.1 Å². The highest BCUT2D eigenvalue weighted by atomic mass is 35.5. The van der Waals surface area contributed by atoms with Crippen molar-refractivity contribution >= 4 is 29.2 Å². The lowest BCUT2D eigenvalue weighted by Gasteiger charge is -2.07. The molecule has 0 radical (unpaired) electrons. The van der Waals surface area contributed by atoms with E-state index in [1.807, 2.05) is 0 Å². The largest absolute Gasteiger partial charge is 0.497 e. The quantitative estimate of drug-likeness (QED) is 0.825. The Bertz CT molecular complexity index is 702. The molecule has 0 saturated carbocycles. The maximum Gasteiger partial charge on any atom is 0.310 e. The van der Waals surface area contributed by atoms with Crippen molar-refractivity contribution in [2.24, 2.45) is 0 Å². The second-order valence-corrected chi connectivity index (χ2v) is 5.18. The third-order valence-electron chi connectivity index (χ3n) is 2.96. The molecule has 0 aliphatic heterocycles. The smallest absolute Gasteiger partial charge is 0.310 e. The summed E-state index contributed by atoms with van der Waals surface area (Å²) in [5.74, 6) is -0.250. The van der Waals surface area contributed by atoms with Gasteiger partial charge in [0.2, 0.25) is 0 Å². The van der Waals surface area contributed by atoms with Crippen molar-refractivity contribution in [2.75, 3.05) is 19.0 Å². The number of methoxy groups -OCH3 is 1. The van der Waals surface area contributed by atoms with E-state index >= 15 is 0 Å². The van der Waals surface area contributed by atoms with Gasteiger partial charge in [0.25, 0.3) is 5.91 Å². The number of anilines is 1. The van der Waals surface area contributed by atoms with E-state index in [4.69, 9.17) is 21.1 Å². The van der Waals surface area contributed by atoms with Gasteiger partial charge < -0.3 is 14.8 Å². The molecule has 0 aliphatic carbocycles. The average Bonchev–Trinajstić information content (AvgIpc) is 2.53. The summed E-state index contributed by atoms with van der Waals surface area (Å²) in [6.07, 6.45) is 0.0711. The molecule has 0 unspecified atom stereocenters. The van der Waals surface area contributed by atoms with Crippen LogP contribution in [0.3, 0.4) is 0 Å². The van der Waals surface area contributed by atoms with E-state index in [0.717, 1.165) is 5.56 Å². The molecule has 0 fully saturated rings. The van der Waals surface area contributed by atoms with E-state index in [9.17, 15) is 9.59 Å². The maximum atomic E-state index is 11.8. The molecular formula is C17H16ClNO4. The predicted molar refractivity (Wildman–Crippen MR) is 87.7 cm³/mol. The van der Waals surface area contributed by atoms with Crippen LogP contribution < -0.4 is 10.1 Å². The topological polar surface area (TPSA) is 64.6 Å². The Morgan fingerprint density at radius 3 is 2.65 bits per heavy atom. The number of carbonyl (C=O) groups excluding carboxylic acids is 2. The van der Waals surface area contributed by atoms with E-state index in [1.54, 1.807) is 55.6 Å². The van der Waals surface area contributed by atoms with E-state index in [0.29, 0.717) is 16.5 Å². The molecule has 2 aromatic carbocycles. The molecule has 23 heavy (non-hydrogen) atoms. The van der Waals surface area contributed by atoms with Crippen molar-refractivity contribution in [1.82, 2.24) is 0 Å². The van der Waals surface area contributed by atoms with Gasteiger partial charge in [-0.1, -0.05) is 29.8 Å².